The highest BCUT2D eigenvalue weighted by Gasteiger charge is 2.18. The van der Waals surface area contributed by atoms with Crippen LogP contribution in [-0.2, 0) is 15.4 Å². The Morgan fingerprint density at radius 2 is 1.48 bits per heavy atom. The Hall–Kier alpha value is -2.08. The first kappa shape index (κ1) is 19.2. The molecular formula is C19H27N3O2S. The smallest absolute Gasteiger partial charge is 0.263 e. The van der Waals surface area contributed by atoms with Gasteiger partial charge in [0.1, 0.15) is 5.82 Å². The van der Waals surface area contributed by atoms with Crippen molar-refractivity contribution in [2.75, 3.05) is 10.0 Å². The summed E-state index contributed by atoms with van der Waals surface area (Å²) >= 11 is 0. The fourth-order valence-corrected chi connectivity index (χ4v) is 3.30. The van der Waals surface area contributed by atoms with Crippen molar-refractivity contribution in [3.05, 3.63) is 48.2 Å². The van der Waals surface area contributed by atoms with Crippen molar-refractivity contribution in [2.24, 2.45) is 0 Å². The van der Waals surface area contributed by atoms with E-state index in [1.807, 2.05) is 32.9 Å². The van der Waals surface area contributed by atoms with E-state index in [0.717, 1.165) is 11.3 Å². The summed E-state index contributed by atoms with van der Waals surface area (Å²) in [7, 11) is -3.66. The topological polar surface area (TPSA) is 71.1 Å². The summed E-state index contributed by atoms with van der Waals surface area (Å²) in [5.74, 6) is 0.291. The highest BCUT2D eigenvalue weighted by Crippen LogP contribution is 2.24. The molecule has 0 atom stereocenters. The maximum Gasteiger partial charge on any atom is 0.263 e. The summed E-state index contributed by atoms with van der Waals surface area (Å²) in [6.07, 6.45) is 1.62. The molecule has 0 aliphatic carbocycles. The van der Waals surface area contributed by atoms with E-state index in [0.29, 0.717) is 5.82 Å². The van der Waals surface area contributed by atoms with Crippen molar-refractivity contribution in [1.29, 1.82) is 0 Å². The van der Waals surface area contributed by atoms with Crippen molar-refractivity contribution >= 4 is 21.5 Å². The summed E-state index contributed by atoms with van der Waals surface area (Å²) in [5, 5.41) is 3.28. The number of benzene rings is 1. The van der Waals surface area contributed by atoms with Crippen molar-refractivity contribution in [1.82, 2.24) is 4.98 Å². The summed E-state index contributed by atoms with van der Waals surface area (Å²) in [5.41, 5.74) is 1.82. The Kier molecular flexibility index (Phi) is 5.14. The third-order valence-corrected chi connectivity index (χ3v) is 4.92. The van der Waals surface area contributed by atoms with E-state index in [9.17, 15) is 8.42 Å². The van der Waals surface area contributed by atoms with Crippen molar-refractivity contribution < 1.29 is 8.42 Å². The lowest BCUT2D eigenvalue weighted by atomic mass is 9.87. The van der Waals surface area contributed by atoms with Gasteiger partial charge in [-0.05, 0) is 56.0 Å². The Labute approximate surface area is 150 Å². The zero-order chi connectivity index (χ0) is 18.9. The zero-order valence-corrected chi connectivity index (χ0v) is 16.5. The Balaban J connectivity index is 2.16. The summed E-state index contributed by atoms with van der Waals surface area (Å²) in [6.45, 7) is 12.4. The second kappa shape index (κ2) is 6.67. The molecule has 6 heteroatoms. The molecule has 0 aliphatic rings. The van der Waals surface area contributed by atoms with Crippen LogP contribution in [0.3, 0.4) is 0 Å². The Morgan fingerprint density at radius 3 is 1.92 bits per heavy atom. The largest absolute Gasteiger partial charge is 0.379 e. The van der Waals surface area contributed by atoms with Crippen LogP contribution in [0.2, 0.25) is 0 Å². The van der Waals surface area contributed by atoms with Crippen LogP contribution in [-0.4, -0.2) is 18.9 Å². The minimum atomic E-state index is -3.66. The molecule has 0 saturated carbocycles. The minimum absolute atomic E-state index is 0.0207. The number of hydrogen-bond donors (Lipinski definition) is 2. The predicted molar refractivity (Wildman–Crippen MR) is 104 cm³/mol. The van der Waals surface area contributed by atoms with Gasteiger partial charge in [-0.1, -0.05) is 32.9 Å². The predicted octanol–water partition coefficient (Wildman–Crippen LogP) is 4.39. The SMILES string of the molecule is CC(C)(C)Nc1ccc(NS(=O)(=O)c2ccc(C(C)(C)C)cc2)nc1. The standard InChI is InChI=1S/C19H27N3O2S/c1-18(2,3)14-7-10-16(11-8-14)25(23,24)22-17-12-9-15(13-20-17)21-19(4,5)6/h7-13,21H,1-6H3,(H,20,22). The second-order valence-electron chi connectivity index (χ2n) is 8.19. The Morgan fingerprint density at radius 1 is 0.880 bits per heavy atom. The van der Waals surface area contributed by atoms with Crippen LogP contribution in [0, 0.1) is 0 Å². The van der Waals surface area contributed by atoms with Crippen LogP contribution in [0.15, 0.2) is 47.5 Å². The fraction of sp³-hybridized carbons (Fsp3) is 0.421. The van der Waals surface area contributed by atoms with Gasteiger partial charge in [0.25, 0.3) is 10.0 Å². The molecule has 0 spiro atoms. The van der Waals surface area contributed by atoms with Gasteiger partial charge in [-0.15, -0.1) is 0 Å². The van der Waals surface area contributed by atoms with Gasteiger partial charge < -0.3 is 5.32 Å². The van der Waals surface area contributed by atoms with Gasteiger partial charge in [0.2, 0.25) is 0 Å². The van der Waals surface area contributed by atoms with E-state index in [-0.39, 0.29) is 15.8 Å². The quantitative estimate of drug-likeness (QED) is 0.847. The average Bonchev–Trinajstić information content (AvgIpc) is 2.47. The van der Waals surface area contributed by atoms with E-state index in [4.69, 9.17) is 0 Å². The highest BCUT2D eigenvalue weighted by molar-refractivity contribution is 7.92. The number of pyridine rings is 1. The molecule has 0 fully saturated rings. The van der Waals surface area contributed by atoms with Gasteiger partial charge in [0.15, 0.2) is 0 Å². The molecule has 2 N–H and O–H groups in total. The number of nitrogens with zero attached hydrogens (tertiary/aromatic N) is 1. The third-order valence-electron chi connectivity index (χ3n) is 3.55. The summed E-state index contributed by atoms with van der Waals surface area (Å²) < 4.78 is 27.5. The summed E-state index contributed by atoms with van der Waals surface area (Å²) in [6, 6.07) is 10.4. The van der Waals surface area contributed by atoms with E-state index in [2.05, 4.69) is 35.8 Å². The maximum absolute atomic E-state index is 12.5. The molecule has 0 aliphatic heterocycles. The lowest BCUT2D eigenvalue weighted by Gasteiger charge is -2.22. The van der Waals surface area contributed by atoms with Crippen LogP contribution in [0.4, 0.5) is 11.5 Å². The monoisotopic (exact) mass is 361 g/mol. The fourth-order valence-electron chi connectivity index (χ4n) is 2.29. The third kappa shape index (κ3) is 5.46. The van der Waals surface area contributed by atoms with Crippen LogP contribution in [0.5, 0.6) is 0 Å². The first-order valence-electron chi connectivity index (χ1n) is 8.24. The number of anilines is 2. The molecule has 2 rings (SSSR count). The molecule has 0 saturated heterocycles. The first-order chi connectivity index (χ1) is 11.4. The van der Waals surface area contributed by atoms with Crippen molar-refractivity contribution in [2.45, 2.75) is 57.4 Å². The molecule has 1 aromatic heterocycles. The lowest BCUT2D eigenvalue weighted by Crippen LogP contribution is -2.26. The van der Waals surface area contributed by atoms with Gasteiger partial charge in [-0.25, -0.2) is 13.4 Å². The zero-order valence-electron chi connectivity index (χ0n) is 15.7. The van der Waals surface area contributed by atoms with Crippen LogP contribution in [0.1, 0.15) is 47.1 Å². The number of nitrogens with one attached hydrogen (secondary N) is 2. The van der Waals surface area contributed by atoms with Gasteiger partial charge in [0, 0.05) is 5.54 Å². The van der Waals surface area contributed by atoms with E-state index < -0.39 is 10.0 Å². The molecule has 136 valence electrons. The van der Waals surface area contributed by atoms with Gasteiger partial charge in [-0.2, -0.15) is 0 Å². The van der Waals surface area contributed by atoms with Crippen LogP contribution in [0.25, 0.3) is 0 Å². The first-order valence-corrected chi connectivity index (χ1v) is 9.73. The maximum atomic E-state index is 12.5. The van der Waals surface area contributed by atoms with Crippen molar-refractivity contribution in [3.8, 4) is 0 Å². The average molecular weight is 362 g/mol. The molecule has 1 aromatic carbocycles. The van der Waals surface area contributed by atoms with Gasteiger partial charge in [0.05, 0.1) is 16.8 Å². The number of aromatic nitrogens is 1. The van der Waals surface area contributed by atoms with Gasteiger partial charge >= 0.3 is 0 Å². The molecule has 1 heterocycles. The normalized spacial score (nSPS) is 12.7. The van der Waals surface area contributed by atoms with Crippen LogP contribution < -0.4 is 10.0 Å². The molecule has 5 nitrogen and oxygen atoms in total. The van der Waals surface area contributed by atoms with E-state index in [1.54, 1.807) is 30.5 Å². The Bertz CT molecular complexity index is 813. The summed E-state index contributed by atoms with van der Waals surface area (Å²) in [4.78, 5) is 4.40. The number of rotatable bonds is 4. The second-order valence-corrected chi connectivity index (χ2v) is 9.87. The molecule has 0 bridgehead atoms. The molecule has 0 radical (unpaired) electrons. The minimum Gasteiger partial charge on any atom is -0.379 e. The molecule has 25 heavy (non-hydrogen) atoms. The highest BCUT2D eigenvalue weighted by atomic mass is 32.2. The van der Waals surface area contributed by atoms with Gasteiger partial charge in [-0.3, -0.25) is 4.72 Å². The molecule has 2 aromatic rings. The lowest BCUT2D eigenvalue weighted by molar-refractivity contribution is 0.587. The number of sulfonamides is 1. The van der Waals surface area contributed by atoms with E-state index >= 15 is 0 Å². The number of hydrogen-bond acceptors (Lipinski definition) is 4. The molecule has 0 unspecified atom stereocenters. The van der Waals surface area contributed by atoms with Crippen molar-refractivity contribution in [3.63, 3.8) is 0 Å². The van der Waals surface area contributed by atoms with Crippen LogP contribution >= 0.6 is 0 Å². The molecular weight excluding hydrogens is 334 g/mol. The van der Waals surface area contributed by atoms with E-state index in [1.165, 1.54) is 0 Å². The molecule has 0 amide bonds.